The lowest BCUT2D eigenvalue weighted by Gasteiger charge is -2.15. The normalized spacial score (nSPS) is 9.31. The molecule has 1 aromatic rings. The number of rotatable bonds is 2. The lowest BCUT2D eigenvalue weighted by atomic mass is 10.3. The zero-order chi connectivity index (χ0) is 9.84. The molecule has 0 radical (unpaired) electrons. The molecule has 0 spiro atoms. The number of hydrogen-bond donors (Lipinski definition) is 1. The minimum absolute atomic E-state index is 0.420. The Morgan fingerprint density at radius 2 is 2.38 bits per heavy atom. The number of nitrogen functional groups attached to an aromatic ring is 1. The highest BCUT2D eigenvalue weighted by atomic mass is 16.7. The molecule has 0 aromatic carbocycles. The Morgan fingerprint density at radius 3 is 2.85 bits per heavy atom. The van der Waals surface area contributed by atoms with Crippen molar-refractivity contribution in [3.8, 4) is 6.07 Å². The van der Waals surface area contributed by atoms with Crippen LogP contribution in [0.3, 0.4) is 0 Å². The topological polar surface area (TPSA) is 75.2 Å². The van der Waals surface area contributed by atoms with Gasteiger partial charge < -0.3 is 5.73 Å². The Labute approximate surface area is 76.3 Å². The second kappa shape index (κ2) is 3.74. The maximum atomic E-state index is 8.56. The van der Waals surface area contributed by atoms with Crippen molar-refractivity contribution >= 4 is 11.5 Å². The molecular weight excluding hydrogens is 168 g/mol. The van der Waals surface area contributed by atoms with Gasteiger partial charge >= 0.3 is 0 Å². The Balaban J connectivity index is 3.07. The van der Waals surface area contributed by atoms with E-state index in [0.717, 1.165) is 0 Å². The van der Waals surface area contributed by atoms with Gasteiger partial charge in [-0.3, -0.25) is 4.84 Å². The minimum Gasteiger partial charge on any atom is -0.396 e. The molecule has 13 heavy (non-hydrogen) atoms. The van der Waals surface area contributed by atoms with Gasteiger partial charge in [0.15, 0.2) is 5.82 Å². The monoisotopic (exact) mass is 178 g/mol. The summed E-state index contributed by atoms with van der Waals surface area (Å²) in [6, 6.07) is 3.50. The first-order valence-electron chi connectivity index (χ1n) is 3.62. The molecule has 0 bridgehead atoms. The van der Waals surface area contributed by atoms with E-state index < -0.39 is 0 Å². The average molecular weight is 178 g/mol. The van der Waals surface area contributed by atoms with E-state index in [4.69, 9.17) is 15.8 Å². The number of hydrogen-bond acceptors (Lipinski definition) is 5. The third-order valence-electron chi connectivity index (χ3n) is 1.60. The Bertz CT molecular complexity index is 344. The first-order valence-corrected chi connectivity index (χ1v) is 3.62. The van der Waals surface area contributed by atoms with Gasteiger partial charge in [0.05, 0.1) is 18.4 Å². The van der Waals surface area contributed by atoms with Crippen LogP contribution in [-0.4, -0.2) is 19.1 Å². The van der Waals surface area contributed by atoms with Crippen molar-refractivity contribution in [2.24, 2.45) is 0 Å². The molecule has 0 fully saturated rings. The van der Waals surface area contributed by atoms with Gasteiger partial charge in [0, 0.05) is 13.2 Å². The van der Waals surface area contributed by atoms with Crippen molar-refractivity contribution < 1.29 is 4.84 Å². The molecule has 1 rings (SSSR count). The third-order valence-corrected chi connectivity index (χ3v) is 1.60. The maximum Gasteiger partial charge on any atom is 0.175 e. The molecule has 0 aliphatic carbocycles. The molecule has 5 heteroatoms. The van der Waals surface area contributed by atoms with Crippen LogP contribution in [0.25, 0.3) is 0 Å². The van der Waals surface area contributed by atoms with Crippen LogP contribution in [0.5, 0.6) is 0 Å². The summed E-state index contributed by atoms with van der Waals surface area (Å²) >= 11 is 0. The number of hydroxylamine groups is 1. The number of aromatic nitrogens is 1. The van der Waals surface area contributed by atoms with E-state index in [0.29, 0.717) is 17.1 Å². The molecule has 1 aromatic heterocycles. The standard InChI is InChI=1S/C8H10N4O/c1-12(13-2)8-7(10)3-6(4-9)5-11-8/h3,5H,10H2,1-2H3. The Hall–Kier alpha value is -1.80. The molecule has 0 amide bonds. The van der Waals surface area contributed by atoms with E-state index in [1.54, 1.807) is 13.1 Å². The Morgan fingerprint density at radius 1 is 1.69 bits per heavy atom. The summed E-state index contributed by atoms with van der Waals surface area (Å²) in [5.41, 5.74) is 6.49. The molecular formula is C8H10N4O. The van der Waals surface area contributed by atoms with E-state index >= 15 is 0 Å². The van der Waals surface area contributed by atoms with E-state index in [1.807, 2.05) is 6.07 Å². The van der Waals surface area contributed by atoms with Crippen molar-refractivity contribution in [2.45, 2.75) is 0 Å². The minimum atomic E-state index is 0.420. The molecule has 5 nitrogen and oxygen atoms in total. The molecule has 1 heterocycles. The van der Waals surface area contributed by atoms with Crippen LogP contribution in [0.15, 0.2) is 12.3 Å². The van der Waals surface area contributed by atoms with Crippen LogP contribution in [0.4, 0.5) is 11.5 Å². The molecule has 0 aliphatic rings. The van der Waals surface area contributed by atoms with E-state index in [2.05, 4.69) is 4.98 Å². The smallest absolute Gasteiger partial charge is 0.175 e. The van der Waals surface area contributed by atoms with Gasteiger partial charge in [0.2, 0.25) is 0 Å². The van der Waals surface area contributed by atoms with Gasteiger partial charge in [-0.25, -0.2) is 10.0 Å². The highest BCUT2D eigenvalue weighted by Gasteiger charge is 2.06. The molecule has 2 N–H and O–H groups in total. The van der Waals surface area contributed by atoms with Crippen molar-refractivity contribution in [1.82, 2.24) is 4.98 Å². The lowest BCUT2D eigenvalue weighted by Crippen LogP contribution is -2.17. The fraction of sp³-hybridized carbons (Fsp3) is 0.250. The predicted octanol–water partition coefficient (Wildman–Crippen LogP) is 0.533. The average Bonchev–Trinajstić information content (AvgIpc) is 2.16. The van der Waals surface area contributed by atoms with Gasteiger partial charge in [-0.2, -0.15) is 5.26 Å². The van der Waals surface area contributed by atoms with Crippen LogP contribution < -0.4 is 10.8 Å². The molecule has 0 saturated carbocycles. The molecule has 0 unspecified atom stereocenters. The van der Waals surface area contributed by atoms with Gasteiger partial charge in [-0.05, 0) is 6.07 Å². The van der Waals surface area contributed by atoms with Crippen molar-refractivity contribution in [1.29, 1.82) is 5.26 Å². The Kier molecular flexibility index (Phi) is 2.67. The van der Waals surface area contributed by atoms with Crippen LogP contribution in [0, 0.1) is 11.3 Å². The largest absolute Gasteiger partial charge is 0.396 e. The highest BCUT2D eigenvalue weighted by molar-refractivity contribution is 5.62. The molecule has 68 valence electrons. The fourth-order valence-corrected chi connectivity index (χ4v) is 0.885. The summed E-state index contributed by atoms with van der Waals surface area (Å²) in [7, 11) is 3.20. The predicted molar refractivity (Wildman–Crippen MR) is 48.8 cm³/mol. The van der Waals surface area contributed by atoms with Crippen molar-refractivity contribution in [3.63, 3.8) is 0 Å². The molecule has 0 aliphatic heterocycles. The van der Waals surface area contributed by atoms with Gasteiger partial charge in [-0.1, -0.05) is 0 Å². The van der Waals surface area contributed by atoms with Crippen molar-refractivity contribution in [3.05, 3.63) is 17.8 Å². The molecule has 0 atom stereocenters. The van der Waals surface area contributed by atoms with Crippen LogP contribution in [0.1, 0.15) is 5.56 Å². The number of anilines is 2. The van der Waals surface area contributed by atoms with Gasteiger partial charge in [0.1, 0.15) is 6.07 Å². The summed E-state index contributed by atoms with van der Waals surface area (Å²) in [5.74, 6) is 0.501. The van der Waals surface area contributed by atoms with Crippen LogP contribution in [0.2, 0.25) is 0 Å². The summed E-state index contributed by atoms with van der Waals surface area (Å²) in [6.45, 7) is 0. The van der Waals surface area contributed by atoms with Crippen LogP contribution >= 0.6 is 0 Å². The summed E-state index contributed by atoms with van der Waals surface area (Å²) < 4.78 is 0. The van der Waals surface area contributed by atoms with E-state index in [1.165, 1.54) is 18.4 Å². The summed E-state index contributed by atoms with van der Waals surface area (Å²) in [4.78, 5) is 8.87. The first kappa shape index (κ1) is 9.29. The number of nitrogens with two attached hydrogens (primary N) is 1. The zero-order valence-electron chi connectivity index (χ0n) is 7.48. The van der Waals surface area contributed by atoms with Crippen molar-refractivity contribution in [2.75, 3.05) is 25.0 Å². The van der Waals surface area contributed by atoms with Gasteiger partial charge in [-0.15, -0.1) is 0 Å². The quantitative estimate of drug-likeness (QED) is 0.668. The lowest BCUT2D eigenvalue weighted by molar-refractivity contribution is 0.183. The summed E-state index contributed by atoms with van der Waals surface area (Å²) in [6.07, 6.45) is 1.45. The number of pyridine rings is 1. The van der Waals surface area contributed by atoms with Gasteiger partial charge in [0.25, 0.3) is 0 Å². The third kappa shape index (κ3) is 1.86. The second-order valence-electron chi connectivity index (χ2n) is 2.43. The SMILES string of the molecule is CON(C)c1ncc(C#N)cc1N. The number of nitrogens with zero attached hydrogens (tertiary/aromatic N) is 3. The highest BCUT2D eigenvalue weighted by Crippen LogP contribution is 2.19. The van der Waals surface area contributed by atoms with E-state index in [-0.39, 0.29) is 0 Å². The second-order valence-corrected chi connectivity index (χ2v) is 2.43. The zero-order valence-corrected chi connectivity index (χ0v) is 7.48. The fourth-order valence-electron chi connectivity index (χ4n) is 0.885. The molecule has 0 saturated heterocycles. The number of nitriles is 1. The summed E-state index contributed by atoms with van der Waals surface area (Å²) in [5, 5.41) is 9.99. The maximum absolute atomic E-state index is 8.56. The first-order chi connectivity index (χ1) is 6.19. The van der Waals surface area contributed by atoms with Crippen LogP contribution in [-0.2, 0) is 4.84 Å². The van der Waals surface area contributed by atoms with E-state index in [9.17, 15) is 0 Å².